The molecule has 3 aromatic rings. The third kappa shape index (κ3) is 4.90. The van der Waals surface area contributed by atoms with Crippen LogP contribution in [0.2, 0.25) is 0 Å². The van der Waals surface area contributed by atoms with E-state index < -0.39 is 17.8 Å². The van der Waals surface area contributed by atoms with Gasteiger partial charge in [-0.3, -0.25) is 0 Å². The molecule has 0 atom stereocenters. The summed E-state index contributed by atoms with van der Waals surface area (Å²) in [5, 5.41) is 6.01. The summed E-state index contributed by atoms with van der Waals surface area (Å²) in [5.41, 5.74) is -0.603. The lowest BCUT2D eigenvalue weighted by Crippen LogP contribution is -2.13. The van der Waals surface area contributed by atoms with Gasteiger partial charge in [0.25, 0.3) is 0 Å². The molecule has 0 saturated carbocycles. The third-order valence-corrected chi connectivity index (χ3v) is 3.43. The van der Waals surface area contributed by atoms with Gasteiger partial charge in [0.2, 0.25) is 5.95 Å². The summed E-state index contributed by atoms with van der Waals surface area (Å²) in [6.07, 6.45) is -3.31. The summed E-state index contributed by atoms with van der Waals surface area (Å²) in [4.78, 5) is 15.7. The van der Waals surface area contributed by atoms with E-state index in [0.29, 0.717) is 17.3 Å². The Morgan fingerprint density at radius 3 is 2.36 bits per heavy atom. The predicted octanol–water partition coefficient (Wildman–Crippen LogP) is 4.66. The largest absolute Gasteiger partial charge is 0.433 e. The number of hydrogen-bond acceptors (Lipinski definition) is 6. The Kier molecular flexibility index (Phi) is 5.39. The zero-order valence-corrected chi connectivity index (χ0v) is 14.9. The molecule has 0 unspecified atom stereocenters. The SMILES string of the molecule is CC(C)Nc1cc(Nc2ccc(F)nc2)nc(-c2cccc(C(F)(F)F)n2)n1. The predicted molar refractivity (Wildman–Crippen MR) is 96.5 cm³/mol. The molecule has 0 bridgehead atoms. The average molecular weight is 392 g/mol. The van der Waals surface area contributed by atoms with Crippen molar-refractivity contribution in [3.8, 4) is 11.5 Å². The van der Waals surface area contributed by atoms with Gasteiger partial charge in [-0.25, -0.2) is 19.9 Å². The van der Waals surface area contributed by atoms with E-state index in [2.05, 4.69) is 30.6 Å². The Hall–Kier alpha value is -3.30. The topological polar surface area (TPSA) is 75.6 Å². The van der Waals surface area contributed by atoms with Gasteiger partial charge in [0.1, 0.15) is 23.0 Å². The highest BCUT2D eigenvalue weighted by molar-refractivity contribution is 5.63. The van der Waals surface area contributed by atoms with E-state index in [0.717, 1.165) is 6.07 Å². The lowest BCUT2D eigenvalue weighted by molar-refractivity contribution is -0.141. The van der Waals surface area contributed by atoms with Crippen molar-refractivity contribution in [1.29, 1.82) is 0 Å². The highest BCUT2D eigenvalue weighted by atomic mass is 19.4. The molecule has 0 amide bonds. The van der Waals surface area contributed by atoms with Crippen LogP contribution < -0.4 is 10.6 Å². The molecule has 146 valence electrons. The van der Waals surface area contributed by atoms with Crippen molar-refractivity contribution in [1.82, 2.24) is 19.9 Å². The molecule has 0 saturated heterocycles. The minimum Gasteiger partial charge on any atom is -0.368 e. The lowest BCUT2D eigenvalue weighted by atomic mass is 10.2. The molecule has 2 N–H and O–H groups in total. The molecule has 10 heteroatoms. The Labute approximate surface area is 158 Å². The maximum Gasteiger partial charge on any atom is 0.433 e. The molecule has 0 radical (unpaired) electrons. The van der Waals surface area contributed by atoms with Crippen LogP contribution >= 0.6 is 0 Å². The number of nitrogens with one attached hydrogen (secondary N) is 2. The molecule has 3 heterocycles. The molecular formula is C18H16F4N6. The molecule has 0 fully saturated rings. The first-order valence-corrected chi connectivity index (χ1v) is 8.29. The average Bonchev–Trinajstić information content (AvgIpc) is 2.62. The van der Waals surface area contributed by atoms with E-state index in [1.807, 2.05) is 13.8 Å². The molecular weight excluding hydrogens is 376 g/mol. The standard InChI is InChI=1S/C18H16F4N6/c1-10(2)24-15-8-16(25-11-6-7-14(19)23-9-11)28-17(27-15)12-4-3-5-13(26-12)18(20,21)22/h3-10H,1-2H3,(H2,24,25,27,28). The van der Waals surface area contributed by atoms with E-state index >= 15 is 0 Å². The molecule has 0 aliphatic rings. The number of hydrogen-bond donors (Lipinski definition) is 2. The number of halogens is 4. The third-order valence-electron chi connectivity index (χ3n) is 3.43. The zero-order chi connectivity index (χ0) is 20.3. The van der Waals surface area contributed by atoms with Crippen LogP contribution in [0.4, 0.5) is 34.9 Å². The first-order chi connectivity index (χ1) is 13.2. The maximum atomic E-state index is 13.0. The Balaban J connectivity index is 2.01. The molecule has 0 spiro atoms. The van der Waals surface area contributed by atoms with Crippen LogP contribution in [-0.2, 0) is 6.18 Å². The molecule has 28 heavy (non-hydrogen) atoms. The van der Waals surface area contributed by atoms with Crippen molar-refractivity contribution in [3.63, 3.8) is 0 Å². The van der Waals surface area contributed by atoms with Gasteiger partial charge in [0, 0.05) is 12.1 Å². The van der Waals surface area contributed by atoms with Gasteiger partial charge in [-0.05, 0) is 38.1 Å². The lowest BCUT2D eigenvalue weighted by Gasteiger charge is -2.13. The number of nitrogens with zero attached hydrogens (tertiary/aromatic N) is 4. The van der Waals surface area contributed by atoms with Crippen LogP contribution in [0.5, 0.6) is 0 Å². The molecule has 3 rings (SSSR count). The highest BCUT2D eigenvalue weighted by Crippen LogP contribution is 2.29. The molecule has 0 aliphatic carbocycles. The number of aromatic nitrogens is 4. The fourth-order valence-corrected chi connectivity index (χ4v) is 2.31. The van der Waals surface area contributed by atoms with Gasteiger partial charge < -0.3 is 10.6 Å². The van der Waals surface area contributed by atoms with Gasteiger partial charge in [-0.1, -0.05) is 6.07 Å². The molecule has 0 aliphatic heterocycles. The van der Waals surface area contributed by atoms with E-state index in [9.17, 15) is 17.6 Å². The smallest absolute Gasteiger partial charge is 0.368 e. The van der Waals surface area contributed by atoms with Crippen LogP contribution in [0.25, 0.3) is 11.5 Å². The van der Waals surface area contributed by atoms with Crippen molar-refractivity contribution in [3.05, 3.63) is 54.2 Å². The van der Waals surface area contributed by atoms with Crippen LogP contribution in [-0.4, -0.2) is 26.0 Å². The second-order valence-corrected chi connectivity index (χ2v) is 6.16. The first kappa shape index (κ1) is 19.5. The highest BCUT2D eigenvalue weighted by Gasteiger charge is 2.32. The van der Waals surface area contributed by atoms with E-state index in [-0.39, 0.29) is 17.6 Å². The number of rotatable bonds is 5. The van der Waals surface area contributed by atoms with Crippen molar-refractivity contribution in [2.75, 3.05) is 10.6 Å². The van der Waals surface area contributed by atoms with Gasteiger partial charge in [-0.2, -0.15) is 17.6 Å². The second kappa shape index (κ2) is 7.75. The molecule has 6 nitrogen and oxygen atoms in total. The van der Waals surface area contributed by atoms with Gasteiger partial charge in [-0.15, -0.1) is 0 Å². The molecule has 3 aromatic heterocycles. The normalized spacial score (nSPS) is 11.5. The Morgan fingerprint density at radius 2 is 1.71 bits per heavy atom. The van der Waals surface area contributed by atoms with Crippen molar-refractivity contribution < 1.29 is 17.6 Å². The van der Waals surface area contributed by atoms with Crippen LogP contribution in [0.15, 0.2) is 42.6 Å². The second-order valence-electron chi connectivity index (χ2n) is 6.16. The van der Waals surface area contributed by atoms with Crippen molar-refractivity contribution in [2.24, 2.45) is 0 Å². The van der Waals surface area contributed by atoms with Gasteiger partial charge >= 0.3 is 6.18 Å². The van der Waals surface area contributed by atoms with E-state index in [1.54, 1.807) is 6.07 Å². The van der Waals surface area contributed by atoms with Crippen LogP contribution in [0, 0.1) is 5.95 Å². The van der Waals surface area contributed by atoms with E-state index in [4.69, 9.17) is 0 Å². The number of alkyl halides is 3. The summed E-state index contributed by atoms with van der Waals surface area (Å²) in [5.74, 6) is 0.0659. The number of anilines is 3. The van der Waals surface area contributed by atoms with Gasteiger partial charge in [0.15, 0.2) is 5.82 Å². The minimum atomic E-state index is -4.58. The fourth-order valence-electron chi connectivity index (χ4n) is 2.31. The summed E-state index contributed by atoms with van der Waals surface area (Å²) in [7, 11) is 0. The zero-order valence-electron chi connectivity index (χ0n) is 14.9. The molecule has 0 aromatic carbocycles. The summed E-state index contributed by atoms with van der Waals surface area (Å²) >= 11 is 0. The van der Waals surface area contributed by atoms with Crippen molar-refractivity contribution in [2.45, 2.75) is 26.1 Å². The Bertz CT molecular complexity index is 957. The summed E-state index contributed by atoms with van der Waals surface area (Å²) < 4.78 is 51.9. The fraction of sp³-hybridized carbons (Fsp3) is 0.222. The number of pyridine rings is 2. The van der Waals surface area contributed by atoms with Gasteiger partial charge in [0.05, 0.1) is 11.9 Å². The maximum absolute atomic E-state index is 13.0. The van der Waals surface area contributed by atoms with E-state index in [1.165, 1.54) is 30.5 Å². The summed E-state index contributed by atoms with van der Waals surface area (Å²) in [6.45, 7) is 3.78. The van der Waals surface area contributed by atoms with Crippen LogP contribution in [0.1, 0.15) is 19.5 Å². The minimum absolute atomic E-state index is 0.00863. The Morgan fingerprint density at radius 1 is 0.964 bits per heavy atom. The quantitative estimate of drug-likeness (QED) is 0.486. The monoisotopic (exact) mass is 392 g/mol. The van der Waals surface area contributed by atoms with Crippen LogP contribution in [0.3, 0.4) is 0 Å². The van der Waals surface area contributed by atoms with Crippen molar-refractivity contribution >= 4 is 17.3 Å². The summed E-state index contributed by atoms with van der Waals surface area (Å²) in [6, 6.07) is 7.76. The first-order valence-electron chi connectivity index (χ1n) is 8.29.